The van der Waals surface area contributed by atoms with Crippen LogP contribution in [0.15, 0.2) is 110 Å². The molecule has 4 N–H and O–H groups in total. The zero-order valence-electron chi connectivity index (χ0n) is 42.7. The number of benzene rings is 4. The second kappa shape index (κ2) is 22.1. The standard InChI is InChI=1S/C59H70N8O5/c1-36(2)53(62-38(5)71-6)57(68)66-30-10-8-12-51(66)55-60-34-49(63-55)45-26-22-43(23-27-45)47-32-39-14-18-41(47)19-15-40-17-21-42(20-16-39)48(33-40)44-24-28-46(29-25-44)50-35-61-56(64-50)52-13-9-11-31-67(52)58(69)54(37(3)4)65-59(70)72-7/h14,17-18,21-29,32-37,51-54,62H,5,8-13,15-16,19-20,30-31H2,1-4,6-7H3,(H,60,63)(H,61,64)(H,65,70)/t51-,52-,53-,54-/m0/s1. The third-order valence-electron chi connectivity index (χ3n) is 15.0. The Morgan fingerprint density at radius 2 is 1.01 bits per heavy atom. The van der Waals surface area contributed by atoms with Crippen LogP contribution >= 0.6 is 0 Å². The number of alkyl carbamates (subject to hydrolysis) is 1. The number of ether oxygens (including phenoxy) is 2. The van der Waals surface area contributed by atoms with Crippen molar-refractivity contribution in [3.8, 4) is 44.8 Å². The number of likely N-dealkylation sites (tertiary alicyclic amines) is 2. The maximum atomic E-state index is 14.0. The smallest absolute Gasteiger partial charge is 0.407 e. The Labute approximate surface area is 424 Å². The van der Waals surface area contributed by atoms with Crippen LogP contribution in [-0.4, -0.2) is 87.0 Å². The van der Waals surface area contributed by atoms with Crippen LogP contribution in [0.1, 0.15) is 112 Å². The van der Waals surface area contributed by atoms with Crippen molar-refractivity contribution in [3.05, 3.63) is 144 Å². The second-order valence-electron chi connectivity index (χ2n) is 20.4. The summed E-state index contributed by atoms with van der Waals surface area (Å²) in [6.07, 6.45) is 12.3. The quantitative estimate of drug-likeness (QED) is 0.0786. The molecular weight excluding hydrogens is 901 g/mol. The molecule has 2 aliphatic heterocycles. The van der Waals surface area contributed by atoms with Crippen molar-refractivity contribution in [3.63, 3.8) is 0 Å². The number of carbonyl (C=O) groups is 3. The van der Waals surface area contributed by atoms with Gasteiger partial charge in [0.15, 0.2) is 5.88 Å². The van der Waals surface area contributed by atoms with Gasteiger partial charge in [0.05, 0.1) is 50.1 Å². The highest BCUT2D eigenvalue weighted by molar-refractivity contribution is 5.86. The first-order valence-corrected chi connectivity index (χ1v) is 25.9. The Hall–Kier alpha value is -7.15. The number of hydrogen-bond donors (Lipinski definition) is 4. The van der Waals surface area contributed by atoms with Crippen LogP contribution in [0.2, 0.25) is 0 Å². The van der Waals surface area contributed by atoms with Crippen LogP contribution in [-0.2, 0) is 44.7 Å². The van der Waals surface area contributed by atoms with Gasteiger partial charge < -0.3 is 39.9 Å². The Balaban J connectivity index is 0.880. The van der Waals surface area contributed by atoms with Crippen LogP contribution < -0.4 is 10.6 Å². The van der Waals surface area contributed by atoms with Crippen LogP contribution in [0.3, 0.4) is 0 Å². The summed E-state index contributed by atoms with van der Waals surface area (Å²) >= 11 is 0. The third kappa shape index (κ3) is 10.9. The summed E-state index contributed by atoms with van der Waals surface area (Å²) in [6.45, 7) is 13.1. The van der Waals surface area contributed by atoms with Gasteiger partial charge in [-0.05, 0) is 138 Å². The molecule has 0 unspecified atom stereocenters. The second-order valence-corrected chi connectivity index (χ2v) is 20.4. The van der Waals surface area contributed by atoms with Crippen molar-refractivity contribution in [2.24, 2.45) is 11.8 Å². The van der Waals surface area contributed by atoms with Crippen LogP contribution in [0.25, 0.3) is 44.8 Å². The summed E-state index contributed by atoms with van der Waals surface area (Å²) < 4.78 is 10.1. The van der Waals surface area contributed by atoms with Gasteiger partial charge in [0, 0.05) is 13.1 Å². The highest BCUT2D eigenvalue weighted by atomic mass is 16.5. The number of aromatic amines is 2. The molecule has 376 valence electrons. The lowest BCUT2D eigenvalue weighted by molar-refractivity contribution is -0.139. The number of piperidine rings is 2. The molecule has 0 saturated carbocycles. The number of nitrogens with one attached hydrogen (secondary N) is 4. The number of carbonyl (C=O) groups excluding carboxylic acids is 3. The van der Waals surface area contributed by atoms with E-state index in [0.717, 1.165) is 98.4 Å². The molecule has 12 rings (SSSR count). The number of hydrogen-bond acceptors (Lipinski definition) is 8. The Morgan fingerprint density at radius 1 is 0.583 bits per heavy atom. The molecule has 2 aromatic heterocycles. The van der Waals surface area contributed by atoms with Crippen LogP contribution in [0.5, 0.6) is 0 Å². The molecule has 4 aromatic carbocycles. The summed E-state index contributed by atoms with van der Waals surface area (Å²) in [5.41, 5.74) is 14.1. The van der Waals surface area contributed by atoms with Crippen molar-refractivity contribution in [2.45, 2.75) is 116 Å². The predicted octanol–water partition coefficient (Wildman–Crippen LogP) is 10.9. The van der Waals surface area contributed by atoms with Crippen molar-refractivity contribution in [1.82, 2.24) is 40.4 Å². The van der Waals surface area contributed by atoms with E-state index in [4.69, 9.17) is 19.4 Å². The van der Waals surface area contributed by atoms with E-state index in [1.54, 1.807) is 7.11 Å². The average Bonchev–Trinajstić information content (AvgIpc) is 4.11. The molecule has 3 amide bonds. The van der Waals surface area contributed by atoms with Gasteiger partial charge >= 0.3 is 6.09 Å². The lowest BCUT2D eigenvalue weighted by Gasteiger charge is -2.38. The van der Waals surface area contributed by atoms with Gasteiger partial charge in [-0.2, -0.15) is 0 Å². The minimum absolute atomic E-state index is 0.0398. The van der Waals surface area contributed by atoms with E-state index in [0.29, 0.717) is 19.0 Å². The molecule has 4 aliphatic carbocycles. The van der Waals surface area contributed by atoms with E-state index in [-0.39, 0.29) is 35.7 Å². The minimum Gasteiger partial charge on any atom is -0.483 e. The van der Waals surface area contributed by atoms with E-state index in [1.165, 1.54) is 51.6 Å². The van der Waals surface area contributed by atoms with Crippen molar-refractivity contribution in [2.75, 3.05) is 27.3 Å². The molecular formula is C59H70N8O5. The van der Waals surface area contributed by atoms with E-state index < -0.39 is 18.2 Å². The molecule has 6 aliphatic rings. The fourth-order valence-electron chi connectivity index (χ4n) is 10.8. The largest absolute Gasteiger partial charge is 0.483 e. The molecule has 2 saturated heterocycles. The van der Waals surface area contributed by atoms with Gasteiger partial charge in [-0.3, -0.25) is 9.59 Å². The van der Waals surface area contributed by atoms with Crippen molar-refractivity contribution in [1.29, 1.82) is 0 Å². The van der Waals surface area contributed by atoms with E-state index in [1.807, 2.05) is 49.9 Å². The molecule has 13 heteroatoms. The Kier molecular flexibility index (Phi) is 15.3. The highest BCUT2D eigenvalue weighted by Crippen LogP contribution is 2.37. The lowest BCUT2D eigenvalue weighted by Crippen LogP contribution is -2.53. The topological polar surface area (TPSA) is 158 Å². The fraction of sp³-hybridized carbons (Fsp3) is 0.407. The number of amides is 3. The summed E-state index contributed by atoms with van der Waals surface area (Å²) in [5, 5.41) is 5.94. The monoisotopic (exact) mass is 971 g/mol. The number of H-pyrrole nitrogens is 2. The lowest BCUT2D eigenvalue weighted by atomic mass is 9.87. The fourth-order valence-corrected chi connectivity index (χ4v) is 10.8. The van der Waals surface area contributed by atoms with Gasteiger partial charge in [0.2, 0.25) is 11.8 Å². The van der Waals surface area contributed by atoms with E-state index in [2.05, 4.69) is 112 Å². The third-order valence-corrected chi connectivity index (χ3v) is 15.0. The number of imidazole rings is 2. The first-order valence-electron chi connectivity index (χ1n) is 25.9. The maximum absolute atomic E-state index is 14.0. The van der Waals surface area contributed by atoms with Crippen LogP contribution in [0, 0.1) is 11.8 Å². The number of aryl methyl sites for hydroxylation is 4. The first-order chi connectivity index (χ1) is 34.9. The van der Waals surface area contributed by atoms with Crippen molar-refractivity contribution < 1.29 is 23.9 Å². The maximum Gasteiger partial charge on any atom is 0.407 e. The summed E-state index contributed by atoms with van der Waals surface area (Å²) in [5.74, 6) is 1.83. The summed E-state index contributed by atoms with van der Waals surface area (Å²) in [6, 6.07) is 30.1. The molecule has 72 heavy (non-hydrogen) atoms. The SMILES string of the molecule is C=C(N[C@H](C(=O)N1CCCC[C@H]1c1ncc(-c2ccc(-c3cc4ccc3CCc3ccc(c(-c5ccc(-c6cnc([C@@H]7CCCCN7C(=O)[C@@H](NC(=O)OC)C(C)C)[nH]6)cc5)c3)CC4)cc2)[nH]1)C(C)C)OC. The molecule has 2 fully saturated rings. The predicted molar refractivity (Wildman–Crippen MR) is 282 cm³/mol. The first kappa shape index (κ1) is 49.8. The number of rotatable bonds is 14. The number of nitrogens with zero attached hydrogens (tertiary/aromatic N) is 4. The zero-order chi connectivity index (χ0) is 50.5. The molecule has 4 heterocycles. The van der Waals surface area contributed by atoms with Gasteiger partial charge in [0.1, 0.15) is 23.7 Å². The number of methoxy groups -OCH3 is 2. The Morgan fingerprint density at radius 3 is 1.43 bits per heavy atom. The summed E-state index contributed by atoms with van der Waals surface area (Å²) in [7, 11) is 2.87. The molecule has 0 radical (unpaired) electrons. The molecule has 4 atom stereocenters. The molecule has 13 nitrogen and oxygen atoms in total. The van der Waals surface area contributed by atoms with E-state index >= 15 is 0 Å². The Bertz CT molecular complexity index is 2690. The van der Waals surface area contributed by atoms with E-state index in [9.17, 15) is 14.4 Å². The molecule has 0 spiro atoms. The zero-order valence-corrected chi connectivity index (χ0v) is 42.7. The van der Waals surface area contributed by atoms with Crippen LogP contribution in [0.4, 0.5) is 4.79 Å². The average molecular weight is 971 g/mol. The minimum atomic E-state index is -0.686. The normalized spacial score (nSPS) is 17.8. The summed E-state index contributed by atoms with van der Waals surface area (Å²) in [4.78, 5) is 60.6. The van der Waals surface area contributed by atoms with Gasteiger partial charge in [-0.25, -0.2) is 14.8 Å². The number of aromatic nitrogens is 4. The van der Waals surface area contributed by atoms with Gasteiger partial charge in [-0.15, -0.1) is 0 Å². The molecule has 6 aromatic rings. The van der Waals surface area contributed by atoms with Gasteiger partial charge in [-0.1, -0.05) is 113 Å². The van der Waals surface area contributed by atoms with Crippen molar-refractivity contribution >= 4 is 17.9 Å². The highest BCUT2D eigenvalue weighted by Gasteiger charge is 2.37. The van der Waals surface area contributed by atoms with Gasteiger partial charge in [0.25, 0.3) is 0 Å². The molecule has 4 bridgehead atoms.